The molecule has 2 N–H and O–H groups in total. The molecule has 5 heteroatoms. The Morgan fingerprint density at radius 1 is 1.00 bits per heavy atom. The zero-order valence-corrected chi connectivity index (χ0v) is 17.6. The van der Waals surface area contributed by atoms with E-state index in [4.69, 9.17) is 4.74 Å². The first-order chi connectivity index (χ1) is 13.2. The number of aryl methyl sites for hydroxylation is 3. The molecule has 0 aliphatic carbocycles. The molecule has 2 aromatic rings. The molecule has 0 saturated carbocycles. The molecule has 0 aromatic heterocycles. The van der Waals surface area contributed by atoms with E-state index in [1.54, 1.807) is 24.3 Å². The largest absolute Gasteiger partial charge is 0.494 e. The summed E-state index contributed by atoms with van der Waals surface area (Å²) in [5.41, 5.74) is 4.45. The molecule has 0 bridgehead atoms. The van der Waals surface area contributed by atoms with Crippen LogP contribution in [0.5, 0.6) is 5.75 Å². The fraction of sp³-hybridized carbons (Fsp3) is 0.391. The van der Waals surface area contributed by atoms with E-state index in [-0.39, 0.29) is 17.7 Å². The minimum Gasteiger partial charge on any atom is -0.494 e. The van der Waals surface area contributed by atoms with Crippen molar-refractivity contribution in [2.24, 2.45) is 5.92 Å². The highest BCUT2D eigenvalue weighted by atomic mass is 16.5. The molecule has 0 heterocycles. The summed E-state index contributed by atoms with van der Waals surface area (Å²) >= 11 is 0. The molecule has 28 heavy (non-hydrogen) atoms. The number of hydrogen-bond donors (Lipinski definition) is 2. The fourth-order valence-electron chi connectivity index (χ4n) is 3.21. The molecular formula is C23H30N2O3. The highest BCUT2D eigenvalue weighted by Gasteiger charge is 2.25. The van der Waals surface area contributed by atoms with Gasteiger partial charge in [-0.25, -0.2) is 0 Å². The van der Waals surface area contributed by atoms with Crippen molar-refractivity contribution < 1.29 is 14.3 Å². The minimum absolute atomic E-state index is 0.0577. The zero-order chi connectivity index (χ0) is 20.8. The van der Waals surface area contributed by atoms with Crippen LogP contribution in [-0.4, -0.2) is 24.5 Å². The maximum absolute atomic E-state index is 12.9. The van der Waals surface area contributed by atoms with E-state index in [0.717, 1.165) is 22.4 Å². The lowest BCUT2D eigenvalue weighted by atomic mass is 10.0. The Morgan fingerprint density at radius 3 is 2.07 bits per heavy atom. The van der Waals surface area contributed by atoms with Gasteiger partial charge >= 0.3 is 0 Å². The predicted molar refractivity (Wildman–Crippen MR) is 113 cm³/mol. The molecule has 0 fully saturated rings. The van der Waals surface area contributed by atoms with Crippen molar-refractivity contribution in [3.8, 4) is 5.75 Å². The van der Waals surface area contributed by atoms with Crippen LogP contribution < -0.4 is 15.4 Å². The molecule has 2 amide bonds. The Balaban J connectivity index is 2.14. The number of amides is 2. The maximum atomic E-state index is 12.9. The molecule has 0 unspecified atom stereocenters. The summed E-state index contributed by atoms with van der Waals surface area (Å²) in [4.78, 5) is 25.5. The molecule has 5 nitrogen and oxygen atoms in total. The number of hydrogen-bond acceptors (Lipinski definition) is 3. The van der Waals surface area contributed by atoms with Crippen LogP contribution in [0.15, 0.2) is 36.4 Å². The van der Waals surface area contributed by atoms with E-state index in [0.29, 0.717) is 17.9 Å². The van der Waals surface area contributed by atoms with E-state index in [9.17, 15) is 9.59 Å². The number of ether oxygens (including phenoxy) is 1. The molecule has 150 valence electrons. The summed E-state index contributed by atoms with van der Waals surface area (Å²) in [6.07, 6.45) is 0. The number of anilines is 1. The fourth-order valence-corrected chi connectivity index (χ4v) is 3.21. The molecule has 0 spiro atoms. The second-order valence-corrected chi connectivity index (χ2v) is 7.42. The highest BCUT2D eigenvalue weighted by Crippen LogP contribution is 2.22. The van der Waals surface area contributed by atoms with E-state index in [1.165, 1.54) is 0 Å². The van der Waals surface area contributed by atoms with Crippen molar-refractivity contribution in [3.05, 3.63) is 58.7 Å². The first kappa shape index (κ1) is 21.5. The van der Waals surface area contributed by atoms with E-state index >= 15 is 0 Å². The molecule has 0 saturated heterocycles. The molecule has 2 aromatic carbocycles. The SMILES string of the molecule is CCOc1ccc(C(=O)N[C@H](C(=O)Nc2c(C)cc(C)cc2C)C(C)C)cc1. The van der Waals surface area contributed by atoms with Gasteiger partial charge in [-0.1, -0.05) is 31.5 Å². The van der Waals surface area contributed by atoms with Gasteiger partial charge in [0.2, 0.25) is 5.91 Å². The molecule has 1 atom stereocenters. The van der Waals surface area contributed by atoms with Gasteiger partial charge in [-0.2, -0.15) is 0 Å². The van der Waals surface area contributed by atoms with Gasteiger partial charge < -0.3 is 15.4 Å². The summed E-state index contributed by atoms with van der Waals surface area (Å²) in [6.45, 7) is 12.3. The van der Waals surface area contributed by atoms with Gasteiger partial charge in [0, 0.05) is 11.3 Å². The van der Waals surface area contributed by atoms with Crippen LogP contribution in [0, 0.1) is 26.7 Å². The van der Waals surface area contributed by atoms with Gasteiger partial charge in [-0.3, -0.25) is 9.59 Å². The molecule has 0 aliphatic heterocycles. The van der Waals surface area contributed by atoms with Gasteiger partial charge in [-0.05, 0) is 69.0 Å². The summed E-state index contributed by atoms with van der Waals surface area (Å²) in [7, 11) is 0. The summed E-state index contributed by atoms with van der Waals surface area (Å²) < 4.78 is 5.40. The lowest BCUT2D eigenvalue weighted by Gasteiger charge is -2.23. The standard InChI is InChI=1S/C23H30N2O3/c1-7-28-19-10-8-18(9-11-19)22(26)24-20(14(2)3)23(27)25-21-16(5)12-15(4)13-17(21)6/h8-14,20H,7H2,1-6H3,(H,24,26)(H,25,27)/t20-/m0/s1. The Hall–Kier alpha value is -2.82. The maximum Gasteiger partial charge on any atom is 0.251 e. The number of rotatable bonds is 7. The van der Waals surface area contributed by atoms with Crippen LogP contribution in [0.2, 0.25) is 0 Å². The van der Waals surface area contributed by atoms with Crippen LogP contribution in [-0.2, 0) is 4.79 Å². The van der Waals surface area contributed by atoms with Gasteiger partial charge in [0.1, 0.15) is 11.8 Å². The lowest BCUT2D eigenvalue weighted by molar-refractivity contribution is -0.118. The summed E-state index contributed by atoms with van der Waals surface area (Å²) in [5, 5.41) is 5.86. The van der Waals surface area contributed by atoms with Crippen molar-refractivity contribution in [1.29, 1.82) is 0 Å². The Bertz CT molecular complexity index is 818. The normalized spacial score (nSPS) is 11.8. The van der Waals surface area contributed by atoms with Gasteiger partial charge in [0.05, 0.1) is 6.61 Å². The van der Waals surface area contributed by atoms with E-state index < -0.39 is 6.04 Å². The highest BCUT2D eigenvalue weighted by molar-refractivity contribution is 6.01. The van der Waals surface area contributed by atoms with E-state index in [2.05, 4.69) is 10.6 Å². The summed E-state index contributed by atoms with van der Waals surface area (Å²) in [5.74, 6) is 0.152. The Labute approximate surface area is 167 Å². The molecule has 2 rings (SSSR count). The van der Waals surface area contributed by atoms with Crippen LogP contribution in [0.1, 0.15) is 47.8 Å². The van der Waals surface area contributed by atoms with Gasteiger partial charge in [0.15, 0.2) is 0 Å². The third-order valence-corrected chi connectivity index (χ3v) is 4.59. The quantitative estimate of drug-likeness (QED) is 0.746. The average Bonchev–Trinajstić information content (AvgIpc) is 2.63. The number of benzene rings is 2. The second-order valence-electron chi connectivity index (χ2n) is 7.42. The van der Waals surface area contributed by atoms with Gasteiger partial charge in [0.25, 0.3) is 5.91 Å². The van der Waals surface area contributed by atoms with Crippen LogP contribution in [0.4, 0.5) is 5.69 Å². The number of carbonyl (C=O) groups excluding carboxylic acids is 2. The van der Waals surface area contributed by atoms with Crippen molar-refractivity contribution in [2.75, 3.05) is 11.9 Å². The third-order valence-electron chi connectivity index (χ3n) is 4.59. The van der Waals surface area contributed by atoms with Crippen molar-refractivity contribution in [2.45, 2.75) is 47.6 Å². The van der Waals surface area contributed by atoms with Crippen LogP contribution in [0.3, 0.4) is 0 Å². The third kappa shape index (κ3) is 5.35. The average molecular weight is 383 g/mol. The predicted octanol–water partition coefficient (Wildman–Crippen LogP) is 4.40. The Morgan fingerprint density at radius 2 is 1.57 bits per heavy atom. The van der Waals surface area contributed by atoms with Crippen molar-refractivity contribution >= 4 is 17.5 Å². The van der Waals surface area contributed by atoms with E-state index in [1.807, 2.05) is 53.7 Å². The minimum atomic E-state index is -0.640. The van der Waals surface area contributed by atoms with Gasteiger partial charge in [-0.15, -0.1) is 0 Å². The number of nitrogens with one attached hydrogen (secondary N) is 2. The zero-order valence-electron chi connectivity index (χ0n) is 17.6. The number of carbonyl (C=O) groups is 2. The molecular weight excluding hydrogens is 352 g/mol. The first-order valence-electron chi connectivity index (χ1n) is 9.65. The van der Waals surface area contributed by atoms with Crippen molar-refractivity contribution in [1.82, 2.24) is 5.32 Å². The first-order valence-corrected chi connectivity index (χ1v) is 9.65. The summed E-state index contributed by atoms with van der Waals surface area (Å²) in [6, 6.07) is 10.3. The lowest BCUT2D eigenvalue weighted by Crippen LogP contribution is -2.47. The van der Waals surface area contributed by atoms with Crippen LogP contribution >= 0.6 is 0 Å². The molecule has 0 radical (unpaired) electrons. The second kappa shape index (κ2) is 9.40. The molecule has 0 aliphatic rings. The Kier molecular flexibility index (Phi) is 7.21. The monoisotopic (exact) mass is 382 g/mol. The van der Waals surface area contributed by atoms with Crippen molar-refractivity contribution in [3.63, 3.8) is 0 Å². The van der Waals surface area contributed by atoms with Crippen LogP contribution in [0.25, 0.3) is 0 Å². The topological polar surface area (TPSA) is 67.4 Å². The smallest absolute Gasteiger partial charge is 0.251 e.